The SMILES string of the molecule is CCCCCC#C[CH-]S(=O)(=O)c1ccccc1.[Li+]. The van der Waals surface area contributed by atoms with Crippen LogP contribution in [0.5, 0.6) is 0 Å². The molecule has 1 aromatic carbocycles. The van der Waals surface area contributed by atoms with E-state index in [2.05, 4.69) is 18.8 Å². The van der Waals surface area contributed by atoms with Crippen LogP contribution < -0.4 is 18.9 Å². The third kappa shape index (κ3) is 6.22. The summed E-state index contributed by atoms with van der Waals surface area (Å²) in [4.78, 5) is 0.294. The molecule has 0 aliphatic rings. The minimum atomic E-state index is -3.35. The van der Waals surface area contributed by atoms with E-state index in [4.69, 9.17) is 0 Å². The van der Waals surface area contributed by atoms with Crippen molar-refractivity contribution in [1.82, 2.24) is 0 Å². The van der Waals surface area contributed by atoms with Gasteiger partial charge >= 0.3 is 18.9 Å². The Morgan fingerprint density at radius 2 is 1.83 bits per heavy atom. The second-order valence-electron chi connectivity index (χ2n) is 3.75. The van der Waals surface area contributed by atoms with Crippen molar-refractivity contribution in [3.63, 3.8) is 0 Å². The van der Waals surface area contributed by atoms with Gasteiger partial charge in [-0.05, 0) is 12.1 Å². The zero-order chi connectivity index (χ0) is 12.6. The Balaban J connectivity index is 0.00000289. The topological polar surface area (TPSA) is 34.1 Å². The molecule has 1 aromatic rings. The third-order valence-corrected chi connectivity index (χ3v) is 3.65. The molecule has 0 atom stereocenters. The molecule has 0 heterocycles. The Kier molecular flexibility index (Phi) is 8.76. The van der Waals surface area contributed by atoms with Crippen molar-refractivity contribution in [3.05, 3.63) is 36.1 Å². The Morgan fingerprint density at radius 3 is 2.44 bits per heavy atom. The van der Waals surface area contributed by atoms with E-state index in [0.29, 0.717) is 4.90 Å². The van der Waals surface area contributed by atoms with Gasteiger partial charge in [0.25, 0.3) is 0 Å². The van der Waals surface area contributed by atoms with Crippen molar-refractivity contribution in [3.8, 4) is 11.8 Å². The minimum Gasteiger partial charge on any atom is -0.326 e. The van der Waals surface area contributed by atoms with Crippen molar-refractivity contribution in [2.24, 2.45) is 0 Å². The maximum Gasteiger partial charge on any atom is 1.00 e. The van der Waals surface area contributed by atoms with Gasteiger partial charge in [0.05, 0.1) is 4.90 Å². The molecule has 2 nitrogen and oxygen atoms in total. The van der Waals surface area contributed by atoms with Gasteiger partial charge in [0, 0.05) is 0 Å². The molecule has 0 unspecified atom stereocenters. The maximum absolute atomic E-state index is 11.8. The predicted octanol–water partition coefficient (Wildman–Crippen LogP) is 0.210. The van der Waals surface area contributed by atoms with E-state index in [1.54, 1.807) is 30.3 Å². The van der Waals surface area contributed by atoms with E-state index in [1.165, 1.54) is 0 Å². The summed E-state index contributed by atoms with van der Waals surface area (Å²) in [7, 11) is -3.35. The first-order chi connectivity index (χ1) is 8.17. The second-order valence-corrected chi connectivity index (χ2v) is 5.55. The summed E-state index contributed by atoms with van der Waals surface area (Å²) in [6.45, 7) is 2.12. The van der Waals surface area contributed by atoms with E-state index in [9.17, 15) is 8.42 Å². The Bertz CT molecular complexity index is 484. The van der Waals surface area contributed by atoms with E-state index in [1.807, 2.05) is 0 Å². The van der Waals surface area contributed by atoms with E-state index < -0.39 is 9.84 Å². The van der Waals surface area contributed by atoms with Crippen LogP contribution in [0.4, 0.5) is 0 Å². The molecule has 0 saturated carbocycles. The molecule has 0 N–H and O–H groups in total. The molecule has 0 amide bonds. The van der Waals surface area contributed by atoms with Crippen LogP contribution in [0.2, 0.25) is 0 Å². The molecule has 18 heavy (non-hydrogen) atoms. The van der Waals surface area contributed by atoms with Crippen LogP contribution in [0.1, 0.15) is 32.6 Å². The molecule has 0 bridgehead atoms. The molecule has 0 aromatic heterocycles. The van der Waals surface area contributed by atoms with Crippen LogP contribution in [0.3, 0.4) is 0 Å². The normalized spacial score (nSPS) is 9.83. The molecule has 1 rings (SSSR count). The fraction of sp³-hybridized carbons (Fsp3) is 0.357. The third-order valence-electron chi connectivity index (χ3n) is 2.29. The Morgan fingerprint density at radius 1 is 1.17 bits per heavy atom. The summed E-state index contributed by atoms with van der Waals surface area (Å²) < 4.78 is 23.5. The fourth-order valence-electron chi connectivity index (χ4n) is 1.33. The van der Waals surface area contributed by atoms with Crippen molar-refractivity contribution in [2.75, 3.05) is 0 Å². The van der Waals surface area contributed by atoms with Crippen LogP contribution in [0.25, 0.3) is 0 Å². The molecular formula is C14H17LiO2S. The first-order valence-electron chi connectivity index (χ1n) is 5.78. The van der Waals surface area contributed by atoms with Crippen LogP contribution in [-0.4, -0.2) is 8.42 Å². The molecular weight excluding hydrogens is 239 g/mol. The number of hydrogen-bond donors (Lipinski definition) is 0. The monoisotopic (exact) mass is 256 g/mol. The summed E-state index contributed by atoms with van der Waals surface area (Å²) in [5, 5.41) is 0. The van der Waals surface area contributed by atoms with Gasteiger partial charge in [-0.2, -0.15) is 0 Å². The molecule has 4 heteroatoms. The maximum atomic E-state index is 11.8. The minimum absolute atomic E-state index is 0. The number of hydrogen-bond acceptors (Lipinski definition) is 2. The van der Waals surface area contributed by atoms with Crippen LogP contribution >= 0.6 is 0 Å². The average Bonchev–Trinajstić information content (AvgIpc) is 2.35. The Labute approximate surface area is 122 Å². The number of benzene rings is 1. The van der Waals surface area contributed by atoms with Gasteiger partial charge in [0.15, 0.2) is 0 Å². The standard InChI is InChI=1S/C14H17O2S.Li/c1-2-3-4-5-6-10-13-17(15,16)14-11-8-7-9-12-14;/h7-9,11-13H,2-5H2,1H3;/q-1;+1. The molecule has 0 aliphatic carbocycles. The van der Waals surface area contributed by atoms with E-state index in [0.717, 1.165) is 31.4 Å². The van der Waals surface area contributed by atoms with E-state index in [-0.39, 0.29) is 18.9 Å². The van der Waals surface area contributed by atoms with E-state index >= 15 is 0 Å². The van der Waals surface area contributed by atoms with Crippen molar-refractivity contribution >= 4 is 9.84 Å². The van der Waals surface area contributed by atoms with Gasteiger partial charge in [-0.25, -0.2) is 8.42 Å². The largest absolute Gasteiger partial charge is 1.00 e. The van der Waals surface area contributed by atoms with Crippen LogP contribution in [0.15, 0.2) is 35.2 Å². The molecule has 0 saturated heterocycles. The first kappa shape index (κ1) is 17.2. The number of unbranched alkanes of at least 4 members (excludes halogenated alkanes) is 3. The molecule has 0 aliphatic heterocycles. The van der Waals surface area contributed by atoms with Gasteiger partial charge in [-0.3, -0.25) is 5.92 Å². The molecule has 0 radical (unpaired) electrons. The second kappa shape index (κ2) is 9.17. The molecule has 92 valence electrons. The predicted molar refractivity (Wildman–Crippen MR) is 69.8 cm³/mol. The summed E-state index contributed by atoms with van der Waals surface area (Å²) in [5.74, 6) is 6.57. The summed E-state index contributed by atoms with van der Waals surface area (Å²) in [5.41, 5.74) is 0. The number of sulfone groups is 1. The molecule has 0 fully saturated rings. The molecule has 0 spiro atoms. The Hall–Kier alpha value is -0.803. The van der Waals surface area contributed by atoms with Gasteiger partial charge in [0.1, 0.15) is 9.84 Å². The summed E-state index contributed by atoms with van der Waals surface area (Å²) in [6.07, 6.45) is 4.07. The quantitative estimate of drug-likeness (QED) is 0.327. The van der Waals surface area contributed by atoms with Gasteiger partial charge in [-0.1, -0.05) is 56.6 Å². The smallest absolute Gasteiger partial charge is 0.326 e. The number of rotatable bonds is 5. The van der Waals surface area contributed by atoms with Crippen molar-refractivity contribution in [1.29, 1.82) is 0 Å². The summed E-state index contributed by atoms with van der Waals surface area (Å²) >= 11 is 0. The zero-order valence-electron chi connectivity index (χ0n) is 11.0. The van der Waals surface area contributed by atoms with Crippen LogP contribution in [0, 0.1) is 17.6 Å². The van der Waals surface area contributed by atoms with Crippen LogP contribution in [-0.2, 0) is 9.84 Å². The summed E-state index contributed by atoms with van der Waals surface area (Å²) in [6, 6.07) is 8.34. The van der Waals surface area contributed by atoms with Gasteiger partial charge in [-0.15, -0.1) is 0 Å². The van der Waals surface area contributed by atoms with Gasteiger partial charge < -0.3 is 5.92 Å². The van der Waals surface area contributed by atoms with Crippen molar-refractivity contribution < 1.29 is 27.3 Å². The first-order valence-corrected chi connectivity index (χ1v) is 7.33. The fourth-order valence-corrected chi connectivity index (χ4v) is 2.24. The van der Waals surface area contributed by atoms with Gasteiger partial charge in [0.2, 0.25) is 0 Å². The average molecular weight is 256 g/mol. The zero-order valence-corrected chi connectivity index (χ0v) is 11.8. The van der Waals surface area contributed by atoms with Crippen molar-refractivity contribution in [2.45, 2.75) is 37.5 Å².